The molecule has 6 nitrogen and oxygen atoms in total. The Balaban J connectivity index is 2.28. The molecule has 1 aliphatic rings. The first-order chi connectivity index (χ1) is 11.1. The molecule has 1 atom stereocenters. The molecule has 1 fully saturated rings. The van der Waals surface area contributed by atoms with E-state index < -0.39 is 5.97 Å². The predicted octanol–water partition coefficient (Wildman–Crippen LogP) is 2.20. The molecule has 1 aromatic rings. The van der Waals surface area contributed by atoms with Crippen LogP contribution in [-0.4, -0.2) is 35.3 Å². The number of nitrogens with zero attached hydrogens (tertiary/aromatic N) is 2. The van der Waals surface area contributed by atoms with Crippen molar-refractivity contribution < 1.29 is 14.3 Å². The summed E-state index contributed by atoms with van der Waals surface area (Å²) < 4.78 is 4.97. The monoisotopic (exact) mass is 333 g/mol. The number of aromatic nitrogens is 1. The summed E-state index contributed by atoms with van der Waals surface area (Å²) in [6.45, 7) is 4.37. The number of nitrogens with one attached hydrogen (secondary N) is 1. The molecule has 0 bridgehead atoms. The van der Waals surface area contributed by atoms with E-state index in [2.05, 4.69) is 16.4 Å². The number of nitriles is 1. The summed E-state index contributed by atoms with van der Waals surface area (Å²) in [4.78, 5) is 28.3. The number of hydrogen-bond acceptors (Lipinski definition) is 6. The molecule has 1 N–H and O–H groups in total. The van der Waals surface area contributed by atoms with Crippen LogP contribution in [0, 0.1) is 18.3 Å². The summed E-state index contributed by atoms with van der Waals surface area (Å²) in [6, 6.07) is 3.55. The lowest BCUT2D eigenvalue weighted by Gasteiger charge is -2.14. The van der Waals surface area contributed by atoms with Crippen LogP contribution in [0.4, 0.5) is 0 Å². The third kappa shape index (κ3) is 4.23. The second-order valence-corrected chi connectivity index (χ2v) is 6.39. The van der Waals surface area contributed by atoms with Gasteiger partial charge in [-0.2, -0.15) is 5.26 Å². The number of aryl methyl sites for hydroxylation is 1. The molecule has 1 saturated heterocycles. The largest absolute Gasteiger partial charge is 0.462 e. The minimum Gasteiger partial charge on any atom is -0.462 e. The second kappa shape index (κ2) is 7.97. The number of rotatable bonds is 4. The summed E-state index contributed by atoms with van der Waals surface area (Å²) >= 11 is 1.29. The summed E-state index contributed by atoms with van der Waals surface area (Å²) in [7, 11) is 0. The van der Waals surface area contributed by atoms with E-state index in [-0.39, 0.29) is 23.3 Å². The number of carbonyl (C=O) groups excluding carboxylic acids is 2. The third-order valence-corrected chi connectivity index (χ3v) is 4.80. The second-order valence-electron chi connectivity index (χ2n) is 5.20. The van der Waals surface area contributed by atoms with E-state index in [1.54, 1.807) is 13.8 Å². The molecule has 0 unspecified atom stereocenters. The Labute approximate surface area is 139 Å². The van der Waals surface area contributed by atoms with Gasteiger partial charge < -0.3 is 10.1 Å². The SMILES string of the molecule is CCOC(=O)c1cc(C#N)c(S[C@H]2CCCCNC2=O)nc1C. The number of hydrogen-bond donors (Lipinski definition) is 1. The number of thioether (sulfide) groups is 1. The lowest BCUT2D eigenvalue weighted by molar-refractivity contribution is -0.120. The van der Waals surface area contributed by atoms with Gasteiger partial charge in [-0.25, -0.2) is 9.78 Å². The minimum atomic E-state index is -0.488. The lowest BCUT2D eigenvalue weighted by atomic mass is 10.1. The first kappa shape index (κ1) is 17.3. The zero-order valence-electron chi connectivity index (χ0n) is 13.2. The van der Waals surface area contributed by atoms with E-state index in [4.69, 9.17) is 4.74 Å². The number of esters is 1. The Morgan fingerprint density at radius 3 is 3.04 bits per heavy atom. The fourth-order valence-electron chi connectivity index (χ4n) is 2.33. The molecule has 0 aromatic carbocycles. The fraction of sp³-hybridized carbons (Fsp3) is 0.500. The van der Waals surface area contributed by atoms with Gasteiger partial charge in [0.2, 0.25) is 5.91 Å². The summed E-state index contributed by atoms with van der Waals surface area (Å²) in [5, 5.41) is 12.4. The van der Waals surface area contributed by atoms with Gasteiger partial charge >= 0.3 is 5.97 Å². The van der Waals surface area contributed by atoms with Gasteiger partial charge in [0.05, 0.1) is 28.7 Å². The van der Waals surface area contributed by atoms with Gasteiger partial charge in [-0.3, -0.25) is 4.79 Å². The first-order valence-electron chi connectivity index (χ1n) is 7.60. The Morgan fingerprint density at radius 1 is 1.57 bits per heavy atom. The molecule has 1 aliphatic heterocycles. The number of carbonyl (C=O) groups is 2. The average molecular weight is 333 g/mol. The van der Waals surface area contributed by atoms with E-state index >= 15 is 0 Å². The van der Waals surface area contributed by atoms with Gasteiger partial charge in [-0.15, -0.1) is 0 Å². The molecule has 2 rings (SSSR count). The molecule has 0 aliphatic carbocycles. The lowest BCUT2D eigenvalue weighted by Crippen LogP contribution is -2.30. The molecular weight excluding hydrogens is 314 g/mol. The quantitative estimate of drug-likeness (QED) is 0.849. The molecule has 1 aromatic heterocycles. The highest BCUT2D eigenvalue weighted by Gasteiger charge is 2.25. The van der Waals surface area contributed by atoms with Gasteiger partial charge in [-0.1, -0.05) is 18.2 Å². The predicted molar refractivity (Wildman–Crippen MR) is 86.2 cm³/mol. The van der Waals surface area contributed by atoms with Gasteiger partial charge in [0.15, 0.2) is 0 Å². The molecule has 122 valence electrons. The van der Waals surface area contributed by atoms with Crippen LogP contribution in [-0.2, 0) is 9.53 Å². The highest BCUT2D eigenvalue weighted by atomic mass is 32.2. The van der Waals surface area contributed by atoms with E-state index in [0.717, 1.165) is 19.3 Å². The van der Waals surface area contributed by atoms with E-state index in [1.807, 2.05) is 0 Å². The van der Waals surface area contributed by atoms with Crippen molar-refractivity contribution in [1.82, 2.24) is 10.3 Å². The highest BCUT2D eigenvalue weighted by molar-refractivity contribution is 8.00. The van der Waals surface area contributed by atoms with E-state index in [0.29, 0.717) is 22.8 Å². The van der Waals surface area contributed by atoms with E-state index in [1.165, 1.54) is 17.8 Å². The Hall–Kier alpha value is -2.07. The van der Waals surface area contributed by atoms with Crippen LogP contribution < -0.4 is 5.32 Å². The number of amides is 1. The van der Waals surface area contributed by atoms with Crippen molar-refractivity contribution in [2.75, 3.05) is 13.2 Å². The Bertz CT molecular complexity index is 655. The maximum atomic E-state index is 12.0. The van der Waals surface area contributed by atoms with Crippen LogP contribution in [0.25, 0.3) is 0 Å². The van der Waals surface area contributed by atoms with Crippen molar-refractivity contribution in [2.24, 2.45) is 0 Å². The zero-order chi connectivity index (χ0) is 16.8. The smallest absolute Gasteiger partial charge is 0.340 e. The average Bonchev–Trinajstić information content (AvgIpc) is 2.73. The van der Waals surface area contributed by atoms with Crippen molar-refractivity contribution >= 4 is 23.6 Å². The number of ether oxygens (including phenoxy) is 1. The zero-order valence-corrected chi connectivity index (χ0v) is 14.0. The highest BCUT2D eigenvalue weighted by Crippen LogP contribution is 2.30. The molecule has 0 saturated carbocycles. The standard InChI is InChI=1S/C16H19N3O3S/c1-3-22-16(21)12-8-11(9-17)15(19-10(12)2)23-13-6-4-5-7-18-14(13)20/h8,13H,3-7H2,1-2H3,(H,18,20)/t13-/m0/s1. The van der Waals surface area contributed by atoms with Crippen molar-refractivity contribution in [3.63, 3.8) is 0 Å². The van der Waals surface area contributed by atoms with Crippen LogP contribution in [0.1, 0.15) is 47.8 Å². The maximum Gasteiger partial charge on any atom is 0.340 e. The van der Waals surface area contributed by atoms with Crippen LogP contribution in [0.3, 0.4) is 0 Å². The topological polar surface area (TPSA) is 92.1 Å². The van der Waals surface area contributed by atoms with Crippen molar-refractivity contribution in [1.29, 1.82) is 5.26 Å². The van der Waals surface area contributed by atoms with E-state index in [9.17, 15) is 14.9 Å². The van der Waals surface area contributed by atoms with Gasteiger partial charge in [0.1, 0.15) is 11.1 Å². The molecule has 1 amide bonds. The van der Waals surface area contributed by atoms with Gasteiger partial charge in [0.25, 0.3) is 0 Å². The Kier molecular flexibility index (Phi) is 5.99. The van der Waals surface area contributed by atoms with Gasteiger partial charge in [-0.05, 0) is 32.8 Å². The minimum absolute atomic E-state index is 0.0229. The van der Waals surface area contributed by atoms with Crippen LogP contribution >= 0.6 is 11.8 Å². The number of pyridine rings is 1. The molecule has 0 spiro atoms. The molecule has 0 radical (unpaired) electrons. The summed E-state index contributed by atoms with van der Waals surface area (Å²) in [5.74, 6) is -0.511. The third-order valence-electron chi connectivity index (χ3n) is 3.53. The maximum absolute atomic E-state index is 12.0. The van der Waals surface area contributed by atoms with Crippen LogP contribution in [0.15, 0.2) is 11.1 Å². The molecule has 7 heteroatoms. The van der Waals surface area contributed by atoms with Crippen molar-refractivity contribution in [3.8, 4) is 6.07 Å². The van der Waals surface area contributed by atoms with Crippen LogP contribution in [0.2, 0.25) is 0 Å². The van der Waals surface area contributed by atoms with Gasteiger partial charge in [0, 0.05) is 6.54 Å². The summed E-state index contributed by atoms with van der Waals surface area (Å²) in [5.41, 5.74) is 1.08. The molecular formula is C16H19N3O3S. The fourth-order valence-corrected chi connectivity index (χ4v) is 3.49. The first-order valence-corrected chi connectivity index (χ1v) is 8.48. The van der Waals surface area contributed by atoms with Crippen molar-refractivity contribution in [2.45, 2.75) is 43.4 Å². The Morgan fingerprint density at radius 2 is 2.35 bits per heavy atom. The normalized spacial score (nSPS) is 17.8. The van der Waals surface area contributed by atoms with Crippen molar-refractivity contribution in [3.05, 3.63) is 22.9 Å². The summed E-state index contributed by atoms with van der Waals surface area (Å²) in [6.07, 6.45) is 2.67. The molecule has 2 heterocycles. The molecule has 23 heavy (non-hydrogen) atoms. The van der Waals surface area contributed by atoms with Crippen LogP contribution in [0.5, 0.6) is 0 Å².